The summed E-state index contributed by atoms with van der Waals surface area (Å²) in [6.07, 6.45) is 2.15. The van der Waals surface area contributed by atoms with E-state index < -0.39 is 0 Å². The van der Waals surface area contributed by atoms with Gasteiger partial charge in [-0.3, -0.25) is 9.59 Å². The number of benzene rings is 1. The van der Waals surface area contributed by atoms with Crippen molar-refractivity contribution in [1.82, 2.24) is 14.8 Å². The lowest BCUT2D eigenvalue weighted by Gasteiger charge is -2.07. The summed E-state index contributed by atoms with van der Waals surface area (Å²) in [5.74, 6) is 1.35. The number of hydrogen-bond acceptors (Lipinski definition) is 5. The van der Waals surface area contributed by atoms with Crippen LogP contribution in [0.25, 0.3) is 0 Å². The summed E-state index contributed by atoms with van der Waals surface area (Å²) in [5.41, 5.74) is 1.31. The van der Waals surface area contributed by atoms with Gasteiger partial charge in [0.05, 0.1) is 0 Å². The molecule has 0 radical (unpaired) electrons. The fraction of sp³-hybridized carbons (Fsp3) is 0.294. The Bertz CT molecular complexity index is 738. The Morgan fingerprint density at radius 3 is 2.62 bits per heavy atom. The van der Waals surface area contributed by atoms with Gasteiger partial charge in [0.1, 0.15) is 5.82 Å². The Kier molecular flexibility index (Phi) is 6.31. The van der Waals surface area contributed by atoms with Crippen LogP contribution in [0.3, 0.4) is 0 Å². The second-order valence-corrected chi connectivity index (χ2v) is 6.27. The van der Waals surface area contributed by atoms with Gasteiger partial charge in [0.2, 0.25) is 5.91 Å². The second kappa shape index (κ2) is 8.44. The lowest BCUT2D eigenvalue weighted by atomic mass is 10.1. The van der Waals surface area contributed by atoms with E-state index in [1.165, 1.54) is 18.7 Å². The molecule has 0 aliphatic rings. The molecule has 0 bridgehead atoms. The van der Waals surface area contributed by atoms with Crippen LogP contribution in [0.2, 0.25) is 0 Å². The molecular weight excluding hydrogens is 324 g/mol. The minimum atomic E-state index is -0.0791. The first-order valence-corrected chi connectivity index (χ1v) is 8.54. The molecule has 0 atom stereocenters. The van der Waals surface area contributed by atoms with Crippen molar-refractivity contribution < 1.29 is 9.59 Å². The summed E-state index contributed by atoms with van der Waals surface area (Å²) in [5, 5.41) is 11.7. The van der Waals surface area contributed by atoms with Crippen LogP contribution in [0.5, 0.6) is 0 Å². The lowest BCUT2D eigenvalue weighted by Crippen LogP contribution is -2.12. The topological polar surface area (TPSA) is 76.9 Å². The van der Waals surface area contributed by atoms with Crippen LogP contribution in [0, 0.1) is 6.92 Å². The van der Waals surface area contributed by atoms with Gasteiger partial charge in [-0.15, -0.1) is 16.8 Å². The molecule has 0 fully saturated rings. The Morgan fingerprint density at radius 2 is 2.00 bits per heavy atom. The van der Waals surface area contributed by atoms with E-state index in [2.05, 4.69) is 22.1 Å². The van der Waals surface area contributed by atoms with Crippen LogP contribution in [-0.4, -0.2) is 32.2 Å². The highest BCUT2D eigenvalue weighted by Gasteiger charge is 2.10. The van der Waals surface area contributed by atoms with E-state index in [4.69, 9.17) is 0 Å². The molecule has 6 nitrogen and oxygen atoms in total. The molecule has 1 N–H and O–H groups in total. The van der Waals surface area contributed by atoms with Crippen molar-refractivity contribution in [1.29, 1.82) is 0 Å². The molecule has 1 heterocycles. The van der Waals surface area contributed by atoms with Crippen molar-refractivity contribution in [2.24, 2.45) is 0 Å². The number of ketones is 1. The molecule has 0 saturated heterocycles. The molecule has 0 unspecified atom stereocenters. The minimum absolute atomic E-state index is 0.00297. The first-order chi connectivity index (χ1) is 11.5. The maximum Gasteiger partial charge on any atom is 0.225 e. The molecule has 24 heavy (non-hydrogen) atoms. The van der Waals surface area contributed by atoms with E-state index in [1.54, 1.807) is 30.3 Å². The van der Waals surface area contributed by atoms with E-state index in [9.17, 15) is 9.59 Å². The molecule has 1 aromatic carbocycles. The quantitative estimate of drug-likeness (QED) is 0.452. The third-order valence-electron chi connectivity index (χ3n) is 3.35. The number of anilines is 1. The highest BCUT2D eigenvalue weighted by atomic mass is 32.2. The van der Waals surface area contributed by atoms with Gasteiger partial charge in [-0.25, -0.2) is 0 Å². The SMILES string of the molecule is C=CCn1c(C)nnc1SCCC(=O)Nc1ccc(C(C)=O)cc1. The number of carbonyl (C=O) groups is 2. The number of hydrogen-bond donors (Lipinski definition) is 1. The summed E-state index contributed by atoms with van der Waals surface area (Å²) >= 11 is 1.49. The van der Waals surface area contributed by atoms with Gasteiger partial charge >= 0.3 is 0 Å². The van der Waals surface area contributed by atoms with Gasteiger partial charge in [0.25, 0.3) is 0 Å². The zero-order valence-electron chi connectivity index (χ0n) is 13.8. The van der Waals surface area contributed by atoms with E-state index in [0.29, 0.717) is 30.0 Å². The van der Waals surface area contributed by atoms with Crippen LogP contribution < -0.4 is 5.32 Å². The average molecular weight is 344 g/mol. The van der Waals surface area contributed by atoms with Gasteiger partial charge in [0, 0.05) is 30.0 Å². The van der Waals surface area contributed by atoms with E-state index in [0.717, 1.165) is 11.0 Å². The van der Waals surface area contributed by atoms with Crippen LogP contribution in [-0.2, 0) is 11.3 Å². The van der Waals surface area contributed by atoms with Crippen molar-refractivity contribution in [3.8, 4) is 0 Å². The number of nitrogens with one attached hydrogen (secondary N) is 1. The van der Waals surface area contributed by atoms with E-state index in [-0.39, 0.29) is 11.7 Å². The molecule has 0 aliphatic carbocycles. The maximum atomic E-state index is 12.0. The molecule has 0 saturated carbocycles. The monoisotopic (exact) mass is 344 g/mol. The number of carbonyl (C=O) groups excluding carboxylic acids is 2. The fourth-order valence-corrected chi connectivity index (χ4v) is 2.99. The Hall–Kier alpha value is -2.41. The van der Waals surface area contributed by atoms with Gasteiger partial charge < -0.3 is 9.88 Å². The standard InChI is InChI=1S/C17H20N4O2S/c1-4-10-21-13(3)19-20-17(21)24-11-9-16(23)18-15-7-5-14(6-8-15)12(2)22/h4-8H,1,9-11H2,2-3H3,(H,18,23). The van der Waals surface area contributed by atoms with Crippen molar-refractivity contribution in [2.45, 2.75) is 32.0 Å². The molecular formula is C17H20N4O2S. The molecule has 0 spiro atoms. The van der Waals surface area contributed by atoms with Crippen molar-refractivity contribution >= 4 is 29.1 Å². The van der Waals surface area contributed by atoms with Gasteiger partial charge in [-0.1, -0.05) is 17.8 Å². The predicted octanol–water partition coefficient (Wildman–Crippen LogP) is 3.10. The number of amides is 1. The molecule has 1 amide bonds. The van der Waals surface area contributed by atoms with Crippen LogP contribution in [0.15, 0.2) is 42.1 Å². The molecule has 126 valence electrons. The summed E-state index contributed by atoms with van der Waals surface area (Å²) in [4.78, 5) is 23.2. The number of nitrogens with zero attached hydrogens (tertiary/aromatic N) is 3. The Morgan fingerprint density at radius 1 is 1.29 bits per heavy atom. The third kappa shape index (κ3) is 4.79. The first kappa shape index (κ1) is 17.9. The molecule has 2 rings (SSSR count). The molecule has 2 aromatic rings. The van der Waals surface area contributed by atoms with Crippen molar-refractivity contribution in [2.75, 3.05) is 11.1 Å². The predicted molar refractivity (Wildman–Crippen MR) is 95.4 cm³/mol. The van der Waals surface area contributed by atoms with Crippen molar-refractivity contribution in [3.63, 3.8) is 0 Å². The summed E-state index contributed by atoms with van der Waals surface area (Å²) in [6, 6.07) is 6.86. The number of aromatic nitrogens is 3. The highest BCUT2D eigenvalue weighted by Crippen LogP contribution is 2.18. The maximum absolute atomic E-state index is 12.0. The number of thioether (sulfide) groups is 1. The lowest BCUT2D eigenvalue weighted by molar-refractivity contribution is -0.115. The summed E-state index contributed by atoms with van der Waals surface area (Å²) in [6.45, 7) is 7.77. The van der Waals surface area contributed by atoms with E-state index in [1.807, 2.05) is 11.5 Å². The first-order valence-electron chi connectivity index (χ1n) is 7.55. The fourth-order valence-electron chi connectivity index (χ4n) is 2.05. The smallest absolute Gasteiger partial charge is 0.225 e. The largest absolute Gasteiger partial charge is 0.326 e. The molecule has 0 aliphatic heterocycles. The molecule has 7 heteroatoms. The Labute approximate surface area is 145 Å². The Balaban J connectivity index is 1.83. The minimum Gasteiger partial charge on any atom is -0.326 e. The zero-order chi connectivity index (χ0) is 17.5. The number of rotatable bonds is 8. The van der Waals surface area contributed by atoms with Crippen LogP contribution in [0.1, 0.15) is 29.5 Å². The van der Waals surface area contributed by atoms with Gasteiger partial charge in [-0.05, 0) is 38.1 Å². The summed E-state index contributed by atoms with van der Waals surface area (Å²) < 4.78 is 1.95. The van der Waals surface area contributed by atoms with Crippen LogP contribution in [0.4, 0.5) is 5.69 Å². The third-order valence-corrected chi connectivity index (χ3v) is 4.32. The van der Waals surface area contributed by atoms with Gasteiger partial charge in [-0.2, -0.15) is 0 Å². The van der Waals surface area contributed by atoms with Crippen LogP contribution >= 0.6 is 11.8 Å². The van der Waals surface area contributed by atoms with E-state index >= 15 is 0 Å². The number of aryl methyl sites for hydroxylation is 1. The number of allylic oxidation sites excluding steroid dienone is 1. The highest BCUT2D eigenvalue weighted by molar-refractivity contribution is 7.99. The second-order valence-electron chi connectivity index (χ2n) is 5.21. The summed E-state index contributed by atoms with van der Waals surface area (Å²) in [7, 11) is 0. The average Bonchev–Trinajstić information content (AvgIpc) is 2.89. The van der Waals surface area contributed by atoms with Crippen molar-refractivity contribution in [3.05, 3.63) is 48.3 Å². The zero-order valence-corrected chi connectivity index (χ0v) is 14.6. The normalized spacial score (nSPS) is 10.4. The number of Topliss-reactive ketones (excluding diaryl/α,β-unsaturated/α-hetero) is 1. The van der Waals surface area contributed by atoms with Gasteiger partial charge in [0.15, 0.2) is 10.9 Å². The molecule has 1 aromatic heterocycles.